The second-order valence-corrected chi connectivity index (χ2v) is 10.5. The van der Waals surface area contributed by atoms with E-state index in [1.165, 1.54) is 4.31 Å². The van der Waals surface area contributed by atoms with Crippen LogP contribution in [0.3, 0.4) is 0 Å². The SMILES string of the molecule is CCCNC(=O)c1ccccc1NC(=O)C1CCN(S(=O)(=O)CCCc2ccccc2)CC1. The van der Waals surface area contributed by atoms with Crippen LogP contribution < -0.4 is 10.6 Å². The van der Waals surface area contributed by atoms with Crippen molar-refractivity contribution in [3.63, 3.8) is 0 Å². The van der Waals surface area contributed by atoms with Crippen LogP contribution in [0.1, 0.15) is 48.5 Å². The fraction of sp³-hybridized carbons (Fsp3) is 0.440. The van der Waals surface area contributed by atoms with Gasteiger partial charge in [-0.2, -0.15) is 0 Å². The highest BCUT2D eigenvalue weighted by molar-refractivity contribution is 7.89. The van der Waals surface area contributed by atoms with Crippen molar-refractivity contribution in [1.82, 2.24) is 9.62 Å². The minimum Gasteiger partial charge on any atom is -0.352 e. The lowest BCUT2D eigenvalue weighted by atomic mass is 9.97. The van der Waals surface area contributed by atoms with E-state index in [4.69, 9.17) is 0 Å². The second-order valence-electron chi connectivity index (χ2n) is 8.37. The highest BCUT2D eigenvalue weighted by Gasteiger charge is 2.31. The van der Waals surface area contributed by atoms with Crippen LogP contribution in [0.5, 0.6) is 0 Å². The molecule has 0 unspecified atom stereocenters. The number of hydrogen-bond donors (Lipinski definition) is 2. The van der Waals surface area contributed by atoms with E-state index in [2.05, 4.69) is 10.6 Å². The third kappa shape index (κ3) is 7.14. The molecule has 1 fully saturated rings. The van der Waals surface area contributed by atoms with Crippen molar-refractivity contribution in [1.29, 1.82) is 0 Å². The molecule has 0 aliphatic carbocycles. The molecule has 0 aromatic heterocycles. The molecule has 1 aliphatic heterocycles. The Morgan fingerprint density at radius 2 is 1.67 bits per heavy atom. The van der Waals surface area contributed by atoms with Crippen molar-refractivity contribution >= 4 is 27.5 Å². The molecule has 7 nitrogen and oxygen atoms in total. The predicted octanol–water partition coefficient (Wildman–Crippen LogP) is 3.44. The lowest BCUT2D eigenvalue weighted by Crippen LogP contribution is -2.42. The number of anilines is 1. The highest BCUT2D eigenvalue weighted by atomic mass is 32.2. The normalized spacial score (nSPS) is 15.2. The van der Waals surface area contributed by atoms with Gasteiger partial charge >= 0.3 is 0 Å². The number of nitrogens with zero attached hydrogens (tertiary/aromatic N) is 1. The highest BCUT2D eigenvalue weighted by Crippen LogP contribution is 2.23. The van der Waals surface area contributed by atoms with Gasteiger partial charge in [-0.1, -0.05) is 49.4 Å². The molecule has 2 aromatic carbocycles. The Hall–Kier alpha value is -2.71. The van der Waals surface area contributed by atoms with Crippen molar-refractivity contribution < 1.29 is 18.0 Å². The molecule has 178 valence electrons. The third-order valence-corrected chi connectivity index (χ3v) is 7.85. The summed E-state index contributed by atoms with van der Waals surface area (Å²) in [5.74, 6) is -0.567. The standard InChI is InChI=1S/C25H33N3O4S/c1-2-16-26-25(30)22-12-6-7-13-23(22)27-24(29)21-14-17-28(18-15-21)33(31,32)19-8-11-20-9-4-3-5-10-20/h3-7,9-10,12-13,21H,2,8,11,14-19H2,1H3,(H,26,30)(H,27,29). The number of rotatable bonds is 10. The zero-order chi connectivity index (χ0) is 23.7. The number of para-hydroxylation sites is 1. The van der Waals surface area contributed by atoms with Gasteiger partial charge in [-0.25, -0.2) is 12.7 Å². The van der Waals surface area contributed by atoms with Crippen LogP contribution in [0.2, 0.25) is 0 Å². The summed E-state index contributed by atoms with van der Waals surface area (Å²) in [6.45, 7) is 3.22. The maximum Gasteiger partial charge on any atom is 0.253 e. The maximum absolute atomic E-state index is 12.8. The molecular weight excluding hydrogens is 438 g/mol. The molecule has 33 heavy (non-hydrogen) atoms. The van der Waals surface area contributed by atoms with Crippen LogP contribution in [0, 0.1) is 5.92 Å². The van der Waals surface area contributed by atoms with E-state index in [1.807, 2.05) is 37.3 Å². The van der Waals surface area contributed by atoms with Crippen LogP contribution in [-0.4, -0.2) is 49.9 Å². The van der Waals surface area contributed by atoms with Crippen LogP contribution in [0.4, 0.5) is 5.69 Å². The lowest BCUT2D eigenvalue weighted by molar-refractivity contribution is -0.120. The topological polar surface area (TPSA) is 95.6 Å². The zero-order valence-electron chi connectivity index (χ0n) is 19.1. The van der Waals surface area contributed by atoms with E-state index < -0.39 is 10.0 Å². The number of hydrogen-bond acceptors (Lipinski definition) is 4. The van der Waals surface area contributed by atoms with Gasteiger partial charge in [-0.05, 0) is 49.8 Å². The molecule has 0 saturated carbocycles. The van der Waals surface area contributed by atoms with E-state index in [1.54, 1.807) is 24.3 Å². The van der Waals surface area contributed by atoms with Crippen molar-refractivity contribution in [2.75, 3.05) is 30.7 Å². The monoisotopic (exact) mass is 471 g/mol. The van der Waals surface area contributed by atoms with Crippen LogP contribution >= 0.6 is 0 Å². The molecular formula is C25H33N3O4S. The largest absolute Gasteiger partial charge is 0.352 e. The number of piperidine rings is 1. The van der Waals surface area contributed by atoms with Gasteiger partial charge in [0.2, 0.25) is 15.9 Å². The fourth-order valence-electron chi connectivity index (χ4n) is 3.99. The molecule has 0 atom stereocenters. The Morgan fingerprint density at radius 1 is 1.00 bits per heavy atom. The van der Waals surface area contributed by atoms with E-state index in [-0.39, 0.29) is 23.5 Å². The molecule has 3 rings (SSSR count). The van der Waals surface area contributed by atoms with E-state index in [0.717, 1.165) is 18.4 Å². The fourth-order valence-corrected chi connectivity index (χ4v) is 5.52. The van der Waals surface area contributed by atoms with Crippen LogP contribution in [0.25, 0.3) is 0 Å². The molecule has 1 saturated heterocycles. The first-order valence-corrected chi connectivity index (χ1v) is 13.2. The molecule has 2 N–H and O–H groups in total. The molecule has 0 radical (unpaired) electrons. The summed E-state index contributed by atoms with van der Waals surface area (Å²) in [4.78, 5) is 25.2. The van der Waals surface area contributed by atoms with Crippen molar-refractivity contribution in [2.24, 2.45) is 5.92 Å². The van der Waals surface area contributed by atoms with Gasteiger partial charge < -0.3 is 10.6 Å². The molecule has 8 heteroatoms. The van der Waals surface area contributed by atoms with Gasteiger partial charge in [0.1, 0.15) is 0 Å². The number of carbonyl (C=O) groups excluding carboxylic acids is 2. The Balaban J connectivity index is 1.50. The summed E-state index contributed by atoms with van der Waals surface area (Å²) in [7, 11) is -3.34. The van der Waals surface area contributed by atoms with Gasteiger partial charge in [0.25, 0.3) is 5.91 Å². The van der Waals surface area contributed by atoms with Crippen molar-refractivity contribution in [3.8, 4) is 0 Å². The number of benzene rings is 2. The maximum atomic E-state index is 12.8. The minimum atomic E-state index is -3.34. The Bertz CT molecular complexity index is 1030. The second kappa shape index (κ2) is 12.0. The summed E-state index contributed by atoms with van der Waals surface area (Å²) in [5.41, 5.74) is 2.04. The molecule has 1 heterocycles. The van der Waals surface area contributed by atoms with Crippen molar-refractivity contribution in [2.45, 2.75) is 39.0 Å². The molecule has 2 amide bonds. The van der Waals surface area contributed by atoms with Crippen molar-refractivity contribution in [3.05, 3.63) is 65.7 Å². The number of sulfonamides is 1. The number of aryl methyl sites for hydroxylation is 1. The van der Waals surface area contributed by atoms with Gasteiger partial charge in [0, 0.05) is 25.6 Å². The van der Waals surface area contributed by atoms with E-state index in [0.29, 0.717) is 50.1 Å². The van der Waals surface area contributed by atoms with E-state index in [9.17, 15) is 18.0 Å². The molecule has 1 aliphatic rings. The number of nitrogens with one attached hydrogen (secondary N) is 2. The van der Waals surface area contributed by atoms with Gasteiger partial charge in [0.15, 0.2) is 0 Å². The summed E-state index contributed by atoms with van der Waals surface area (Å²) < 4.78 is 27.0. The summed E-state index contributed by atoms with van der Waals surface area (Å²) >= 11 is 0. The predicted molar refractivity (Wildman–Crippen MR) is 131 cm³/mol. The first-order chi connectivity index (χ1) is 15.9. The summed E-state index contributed by atoms with van der Waals surface area (Å²) in [6.07, 6.45) is 3.06. The smallest absolute Gasteiger partial charge is 0.253 e. The quantitative estimate of drug-likeness (QED) is 0.555. The summed E-state index contributed by atoms with van der Waals surface area (Å²) in [5, 5.41) is 5.70. The zero-order valence-corrected chi connectivity index (χ0v) is 19.9. The van der Waals surface area contributed by atoms with E-state index >= 15 is 0 Å². The van der Waals surface area contributed by atoms with Gasteiger partial charge in [-0.3, -0.25) is 9.59 Å². The van der Waals surface area contributed by atoms with Gasteiger partial charge in [0.05, 0.1) is 17.0 Å². The Labute approximate surface area is 196 Å². The lowest BCUT2D eigenvalue weighted by Gasteiger charge is -2.30. The number of carbonyl (C=O) groups is 2. The average Bonchev–Trinajstić information content (AvgIpc) is 2.83. The number of amides is 2. The first kappa shape index (κ1) is 24.9. The Morgan fingerprint density at radius 3 is 2.36 bits per heavy atom. The van der Waals surface area contributed by atoms with Crippen LogP contribution in [-0.2, 0) is 21.2 Å². The summed E-state index contributed by atoms with van der Waals surface area (Å²) in [6, 6.07) is 16.8. The van der Waals surface area contributed by atoms with Crippen LogP contribution in [0.15, 0.2) is 54.6 Å². The third-order valence-electron chi connectivity index (χ3n) is 5.89. The average molecular weight is 472 g/mol. The van der Waals surface area contributed by atoms with Gasteiger partial charge in [-0.15, -0.1) is 0 Å². The minimum absolute atomic E-state index is 0.110. The molecule has 0 spiro atoms. The molecule has 0 bridgehead atoms. The Kier molecular flexibility index (Phi) is 9.03. The molecule has 2 aromatic rings. The first-order valence-electron chi connectivity index (χ1n) is 11.6.